The van der Waals surface area contributed by atoms with E-state index in [1.165, 1.54) is 0 Å². The van der Waals surface area contributed by atoms with Crippen LogP contribution in [-0.4, -0.2) is 23.9 Å². The first-order valence-corrected chi connectivity index (χ1v) is 3.40. The maximum atomic E-state index is 10.8. The van der Waals surface area contributed by atoms with E-state index in [1.807, 2.05) is 6.08 Å². The van der Waals surface area contributed by atoms with Crippen LogP contribution in [0.1, 0.15) is 13.3 Å². The molecule has 1 heterocycles. The minimum atomic E-state index is 0.128. The zero-order chi connectivity index (χ0) is 7.56. The Morgan fingerprint density at radius 2 is 2.50 bits per heavy atom. The molecule has 0 fully saturated rings. The van der Waals surface area contributed by atoms with Crippen molar-refractivity contribution in [1.29, 1.82) is 0 Å². The van der Waals surface area contributed by atoms with Crippen molar-refractivity contribution in [3.05, 3.63) is 11.8 Å². The molecule has 0 bridgehead atoms. The fourth-order valence-corrected chi connectivity index (χ4v) is 0.971. The van der Waals surface area contributed by atoms with Gasteiger partial charge in [0, 0.05) is 32.1 Å². The molecule has 0 aliphatic carbocycles. The van der Waals surface area contributed by atoms with Gasteiger partial charge in [-0.15, -0.1) is 0 Å². The highest BCUT2D eigenvalue weighted by Crippen LogP contribution is 2.04. The summed E-state index contributed by atoms with van der Waals surface area (Å²) in [4.78, 5) is 12.5. The second-order valence-electron chi connectivity index (χ2n) is 2.49. The van der Waals surface area contributed by atoms with E-state index in [9.17, 15) is 4.79 Å². The Hall–Kier alpha value is -0.990. The van der Waals surface area contributed by atoms with E-state index >= 15 is 0 Å². The molecule has 2 N–H and O–H groups in total. The van der Waals surface area contributed by atoms with Crippen molar-refractivity contribution in [2.75, 3.05) is 13.1 Å². The van der Waals surface area contributed by atoms with E-state index in [0.29, 0.717) is 6.54 Å². The fraction of sp³-hybridized carbons (Fsp3) is 0.571. The largest absolute Gasteiger partial charge is 0.402 e. The van der Waals surface area contributed by atoms with Crippen LogP contribution in [0.2, 0.25) is 0 Å². The van der Waals surface area contributed by atoms with Gasteiger partial charge in [-0.1, -0.05) is 0 Å². The Bertz CT molecular complexity index is 174. The minimum absolute atomic E-state index is 0.128. The maximum absolute atomic E-state index is 10.8. The minimum Gasteiger partial charge on any atom is -0.402 e. The van der Waals surface area contributed by atoms with Crippen molar-refractivity contribution in [3.8, 4) is 0 Å². The molecular formula is C7H12N2O. The lowest BCUT2D eigenvalue weighted by molar-refractivity contribution is -0.128. The number of carbonyl (C=O) groups is 1. The molecule has 3 heteroatoms. The SMILES string of the molecule is CC(=O)N1CC=C(N)CC1. The normalized spacial score (nSPS) is 18.5. The summed E-state index contributed by atoms with van der Waals surface area (Å²) < 4.78 is 0. The number of nitrogens with two attached hydrogens (primary N) is 1. The molecule has 0 spiro atoms. The third-order valence-electron chi connectivity index (χ3n) is 1.69. The first-order chi connectivity index (χ1) is 4.70. The molecule has 0 aromatic carbocycles. The molecule has 3 nitrogen and oxygen atoms in total. The van der Waals surface area contributed by atoms with Gasteiger partial charge in [-0.05, 0) is 6.08 Å². The van der Waals surface area contributed by atoms with E-state index in [1.54, 1.807) is 11.8 Å². The van der Waals surface area contributed by atoms with Crippen LogP contribution in [0.5, 0.6) is 0 Å². The Morgan fingerprint density at radius 1 is 1.80 bits per heavy atom. The molecular weight excluding hydrogens is 128 g/mol. The number of rotatable bonds is 0. The second kappa shape index (κ2) is 2.73. The molecule has 1 aliphatic rings. The molecule has 0 saturated heterocycles. The maximum Gasteiger partial charge on any atom is 0.219 e. The van der Waals surface area contributed by atoms with Gasteiger partial charge in [0.25, 0.3) is 0 Å². The van der Waals surface area contributed by atoms with Crippen LogP contribution in [0.25, 0.3) is 0 Å². The zero-order valence-corrected chi connectivity index (χ0v) is 6.13. The highest BCUT2D eigenvalue weighted by Gasteiger charge is 2.10. The lowest BCUT2D eigenvalue weighted by atomic mass is 10.2. The Morgan fingerprint density at radius 3 is 2.90 bits per heavy atom. The van der Waals surface area contributed by atoms with Crippen LogP contribution in [0, 0.1) is 0 Å². The molecule has 0 aromatic heterocycles. The molecule has 0 saturated carbocycles. The Labute approximate surface area is 60.5 Å². The molecule has 0 atom stereocenters. The van der Waals surface area contributed by atoms with Gasteiger partial charge in [-0.2, -0.15) is 0 Å². The summed E-state index contributed by atoms with van der Waals surface area (Å²) in [5.41, 5.74) is 6.42. The average molecular weight is 140 g/mol. The van der Waals surface area contributed by atoms with Crippen molar-refractivity contribution in [1.82, 2.24) is 4.90 Å². The van der Waals surface area contributed by atoms with Gasteiger partial charge in [0.2, 0.25) is 5.91 Å². The molecule has 1 aliphatic heterocycles. The Kier molecular flexibility index (Phi) is 1.94. The van der Waals surface area contributed by atoms with Gasteiger partial charge >= 0.3 is 0 Å². The molecule has 0 aromatic rings. The summed E-state index contributed by atoms with van der Waals surface area (Å²) in [6.45, 7) is 3.04. The summed E-state index contributed by atoms with van der Waals surface area (Å²) in [6.07, 6.45) is 2.71. The first kappa shape index (κ1) is 7.12. The van der Waals surface area contributed by atoms with Gasteiger partial charge in [0.1, 0.15) is 0 Å². The van der Waals surface area contributed by atoms with E-state index in [0.717, 1.165) is 18.7 Å². The van der Waals surface area contributed by atoms with Crippen LogP contribution >= 0.6 is 0 Å². The van der Waals surface area contributed by atoms with Gasteiger partial charge in [-0.25, -0.2) is 0 Å². The summed E-state index contributed by atoms with van der Waals surface area (Å²) >= 11 is 0. The number of carbonyl (C=O) groups excluding carboxylic acids is 1. The fourth-order valence-electron chi connectivity index (χ4n) is 0.971. The molecule has 0 unspecified atom stereocenters. The molecule has 1 amide bonds. The second-order valence-corrected chi connectivity index (χ2v) is 2.49. The number of nitrogens with zero attached hydrogens (tertiary/aromatic N) is 1. The van der Waals surface area contributed by atoms with E-state index in [4.69, 9.17) is 5.73 Å². The molecule has 1 rings (SSSR count). The highest BCUT2D eigenvalue weighted by atomic mass is 16.2. The van der Waals surface area contributed by atoms with Crippen LogP contribution in [-0.2, 0) is 4.79 Å². The quantitative estimate of drug-likeness (QED) is 0.518. The van der Waals surface area contributed by atoms with Gasteiger partial charge in [0.05, 0.1) is 0 Å². The molecule has 10 heavy (non-hydrogen) atoms. The molecule has 0 radical (unpaired) electrons. The first-order valence-electron chi connectivity index (χ1n) is 3.40. The van der Waals surface area contributed by atoms with E-state index in [-0.39, 0.29) is 5.91 Å². The van der Waals surface area contributed by atoms with Crippen molar-refractivity contribution in [2.24, 2.45) is 5.73 Å². The summed E-state index contributed by atoms with van der Waals surface area (Å²) in [5.74, 6) is 0.128. The standard InChI is InChI=1S/C7H12N2O/c1-6(10)9-4-2-7(8)3-5-9/h2H,3-5,8H2,1H3. The summed E-state index contributed by atoms with van der Waals surface area (Å²) in [5, 5.41) is 0. The van der Waals surface area contributed by atoms with Crippen molar-refractivity contribution >= 4 is 5.91 Å². The smallest absolute Gasteiger partial charge is 0.219 e. The topological polar surface area (TPSA) is 46.3 Å². The summed E-state index contributed by atoms with van der Waals surface area (Å²) in [6, 6.07) is 0. The highest BCUT2D eigenvalue weighted by molar-refractivity contribution is 5.73. The van der Waals surface area contributed by atoms with Gasteiger partial charge < -0.3 is 10.6 Å². The predicted octanol–water partition coefficient (Wildman–Crippen LogP) is 0.0812. The van der Waals surface area contributed by atoms with Crippen LogP contribution in [0.4, 0.5) is 0 Å². The van der Waals surface area contributed by atoms with Crippen molar-refractivity contribution in [2.45, 2.75) is 13.3 Å². The number of hydrogen-bond acceptors (Lipinski definition) is 2. The number of amides is 1. The predicted molar refractivity (Wildman–Crippen MR) is 39.1 cm³/mol. The third kappa shape index (κ3) is 1.50. The van der Waals surface area contributed by atoms with Crippen molar-refractivity contribution < 1.29 is 4.79 Å². The van der Waals surface area contributed by atoms with Crippen molar-refractivity contribution in [3.63, 3.8) is 0 Å². The summed E-state index contributed by atoms with van der Waals surface area (Å²) in [7, 11) is 0. The van der Waals surface area contributed by atoms with Crippen LogP contribution in [0.15, 0.2) is 11.8 Å². The van der Waals surface area contributed by atoms with Gasteiger partial charge in [0.15, 0.2) is 0 Å². The number of hydrogen-bond donors (Lipinski definition) is 1. The lowest BCUT2D eigenvalue weighted by Gasteiger charge is -2.23. The van der Waals surface area contributed by atoms with Gasteiger partial charge in [-0.3, -0.25) is 4.79 Å². The Balaban J connectivity index is 2.50. The zero-order valence-electron chi connectivity index (χ0n) is 6.13. The van der Waals surface area contributed by atoms with E-state index < -0.39 is 0 Å². The monoisotopic (exact) mass is 140 g/mol. The third-order valence-corrected chi connectivity index (χ3v) is 1.69. The lowest BCUT2D eigenvalue weighted by Crippen LogP contribution is -2.33. The van der Waals surface area contributed by atoms with Crippen LogP contribution in [0.3, 0.4) is 0 Å². The molecule has 56 valence electrons. The van der Waals surface area contributed by atoms with Crippen LogP contribution < -0.4 is 5.73 Å². The van der Waals surface area contributed by atoms with E-state index in [2.05, 4.69) is 0 Å². The average Bonchev–Trinajstić information content (AvgIpc) is 1.88.